The second-order valence-corrected chi connectivity index (χ2v) is 3.93. The molecule has 1 aromatic rings. The topological polar surface area (TPSA) is 69.7 Å². The van der Waals surface area contributed by atoms with Crippen molar-refractivity contribution in [2.75, 3.05) is 13.7 Å². The maximum absolute atomic E-state index is 11.6. The average Bonchev–Trinajstić information content (AvgIpc) is 2.51. The first-order chi connectivity index (χ1) is 10.1. The lowest BCUT2D eigenvalue weighted by atomic mass is 10.1. The van der Waals surface area contributed by atoms with Gasteiger partial charge in [0.2, 0.25) is 0 Å². The molecular weight excluding hydrogens is 272 g/mol. The van der Waals surface area contributed by atoms with E-state index in [-0.39, 0.29) is 12.2 Å². The zero-order chi connectivity index (χ0) is 15.7. The van der Waals surface area contributed by atoms with Crippen LogP contribution < -0.4 is 0 Å². The fraction of sp³-hybridized carbons (Fsp3) is 0.188. The van der Waals surface area contributed by atoms with Crippen LogP contribution in [0.15, 0.2) is 42.0 Å². The third-order valence-corrected chi connectivity index (χ3v) is 2.55. The molecule has 0 saturated heterocycles. The first kappa shape index (κ1) is 16.4. The highest BCUT2D eigenvalue weighted by atomic mass is 16.5. The van der Waals surface area contributed by atoms with Crippen molar-refractivity contribution >= 4 is 24.3 Å². The summed E-state index contributed by atoms with van der Waals surface area (Å²) >= 11 is 0. The molecule has 1 rings (SSSR count). The van der Waals surface area contributed by atoms with Crippen molar-refractivity contribution in [2.45, 2.75) is 6.92 Å². The molecule has 110 valence electrons. The van der Waals surface area contributed by atoms with Crippen molar-refractivity contribution in [3.05, 3.63) is 53.1 Å². The van der Waals surface area contributed by atoms with Crippen molar-refractivity contribution in [2.24, 2.45) is 0 Å². The molecule has 0 aliphatic carbocycles. The Morgan fingerprint density at radius 2 is 1.86 bits per heavy atom. The molecule has 0 unspecified atom stereocenters. The molecule has 0 atom stereocenters. The Bertz CT molecular complexity index is 567. The number of carbonyl (C=O) groups is 3. The van der Waals surface area contributed by atoms with Crippen LogP contribution in [-0.2, 0) is 19.1 Å². The van der Waals surface area contributed by atoms with Gasteiger partial charge in [-0.15, -0.1) is 0 Å². The van der Waals surface area contributed by atoms with Gasteiger partial charge in [-0.1, -0.05) is 18.2 Å². The van der Waals surface area contributed by atoms with Gasteiger partial charge < -0.3 is 9.47 Å². The Balaban J connectivity index is 2.87. The maximum atomic E-state index is 11.6. The van der Waals surface area contributed by atoms with Crippen LogP contribution in [0.4, 0.5) is 0 Å². The number of methoxy groups -OCH3 is 1. The normalized spacial score (nSPS) is 11.2. The van der Waals surface area contributed by atoms with Crippen molar-refractivity contribution in [1.82, 2.24) is 0 Å². The smallest absolute Gasteiger partial charge is 0.338 e. The number of carbonyl (C=O) groups excluding carboxylic acids is 3. The van der Waals surface area contributed by atoms with Crippen LogP contribution in [0.5, 0.6) is 0 Å². The van der Waals surface area contributed by atoms with E-state index < -0.39 is 11.9 Å². The van der Waals surface area contributed by atoms with Gasteiger partial charge in [0, 0.05) is 0 Å². The SMILES string of the molecule is CCOC(=O)C(/C=C/c1ccc(C(=O)OC)cc1)=C/C=O. The standard InChI is InChI=1S/C16H16O5/c1-3-21-16(19)14(10-11-17)9-6-12-4-7-13(8-5-12)15(18)20-2/h4-11H,3H2,1-2H3/b9-6+,14-10+. The largest absolute Gasteiger partial charge is 0.465 e. The predicted octanol–water partition coefficient (Wildman–Crippen LogP) is 2.17. The first-order valence-electron chi connectivity index (χ1n) is 6.31. The quantitative estimate of drug-likeness (QED) is 0.347. The van der Waals surface area contributed by atoms with Gasteiger partial charge in [-0.3, -0.25) is 4.79 Å². The van der Waals surface area contributed by atoms with Crippen LogP contribution in [0.2, 0.25) is 0 Å². The molecule has 21 heavy (non-hydrogen) atoms. The van der Waals surface area contributed by atoms with Crippen molar-refractivity contribution in [3.63, 3.8) is 0 Å². The van der Waals surface area contributed by atoms with Crippen LogP contribution in [0, 0.1) is 0 Å². The number of rotatable bonds is 6. The zero-order valence-electron chi connectivity index (χ0n) is 11.9. The van der Waals surface area contributed by atoms with Gasteiger partial charge in [-0.2, -0.15) is 0 Å². The number of aldehydes is 1. The van der Waals surface area contributed by atoms with E-state index in [1.54, 1.807) is 37.3 Å². The van der Waals surface area contributed by atoms with Gasteiger partial charge in [-0.05, 0) is 36.8 Å². The van der Waals surface area contributed by atoms with Crippen molar-refractivity contribution in [1.29, 1.82) is 0 Å². The number of benzene rings is 1. The molecule has 0 N–H and O–H groups in total. The predicted molar refractivity (Wildman–Crippen MR) is 77.6 cm³/mol. The van der Waals surface area contributed by atoms with Crippen LogP contribution in [0.3, 0.4) is 0 Å². The summed E-state index contributed by atoms with van der Waals surface area (Å²) < 4.78 is 9.43. The molecule has 0 saturated carbocycles. The summed E-state index contributed by atoms with van der Waals surface area (Å²) in [4.78, 5) is 33.4. The van der Waals surface area contributed by atoms with Gasteiger partial charge in [0.25, 0.3) is 0 Å². The van der Waals surface area contributed by atoms with Crippen LogP contribution in [0.1, 0.15) is 22.8 Å². The summed E-state index contributed by atoms with van der Waals surface area (Å²) in [6.07, 6.45) is 4.79. The molecule has 0 bridgehead atoms. The summed E-state index contributed by atoms with van der Waals surface area (Å²) in [6, 6.07) is 6.62. The van der Waals surface area contributed by atoms with E-state index in [4.69, 9.17) is 4.74 Å². The molecule has 0 radical (unpaired) electrons. The number of allylic oxidation sites excluding steroid dienone is 1. The number of esters is 2. The molecule has 1 aromatic carbocycles. The third-order valence-electron chi connectivity index (χ3n) is 2.55. The summed E-state index contributed by atoms with van der Waals surface area (Å²) in [5.41, 5.74) is 1.36. The highest BCUT2D eigenvalue weighted by Crippen LogP contribution is 2.10. The van der Waals surface area contributed by atoms with Crippen LogP contribution >= 0.6 is 0 Å². The third kappa shape index (κ3) is 5.06. The first-order valence-corrected chi connectivity index (χ1v) is 6.31. The van der Waals surface area contributed by atoms with E-state index in [2.05, 4.69) is 4.74 Å². The van der Waals surface area contributed by atoms with E-state index in [1.807, 2.05) is 0 Å². The van der Waals surface area contributed by atoms with Crippen molar-refractivity contribution in [3.8, 4) is 0 Å². The summed E-state index contributed by atoms with van der Waals surface area (Å²) in [7, 11) is 1.31. The number of ether oxygens (including phenoxy) is 2. The summed E-state index contributed by atoms with van der Waals surface area (Å²) in [6.45, 7) is 1.92. The number of hydrogen-bond acceptors (Lipinski definition) is 5. The lowest BCUT2D eigenvalue weighted by Gasteiger charge is -2.02. The van der Waals surface area contributed by atoms with Gasteiger partial charge in [-0.25, -0.2) is 9.59 Å². The van der Waals surface area contributed by atoms with Gasteiger partial charge in [0.15, 0.2) is 0 Å². The minimum atomic E-state index is -0.563. The highest BCUT2D eigenvalue weighted by molar-refractivity contribution is 5.96. The molecule has 5 heteroatoms. The maximum Gasteiger partial charge on any atom is 0.338 e. The van der Waals surface area contributed by atoms with Crippen molar-refractivity contribution < 1.29 is 23.9 Å². The monoisotopic (exact) mass is 288 g/mol. The fourth-order valence-corrected chi connectivity index (χ4v) is 1.51. The van der Waals surface area contributed by atoms with Gasteiger partial charge in [0.05, 0.1) is 24.9 Å². The Hall–Kier alpha value is -2.69. The Morgan fingerprint density at radius 1 is 1.19 bits per heavy atom. The zero-order valence-corrected chi connectivity index (χ0v) is 11.9. The number of hydrogen-bond donors (Lipinski definition) is 0. The molecular formula is C16H16O5. The lowest BCUT2D eigenvalue weighted by Crippen LogP contribution is -2.06. The molecule has 0 aliphatic rings. The molecule has 5 nitrogen and oxygen atoms in total. The molecule has 0 amide bonds. The molecule has 0 spiro atoms. The molecule has 0 aliphatic heterocycles. The van der Waals surface area contributed by atoms with E-state index in [0.29, 0.717) is 11.8 Å². The second kappa shape index (κ2) is 8.47. The molecule has 0 heterocycles. The summed E-state index contributed by atoms with van der Waals surface area (Å²) in [5, 5.41) is 0. The lowest BCUT2D eigenvalue weighted by molar-refractivity contribution is -0.138. The Kier molecular flexibility index (Phi) is 6.60. The van der Waals surface area contributed by atoms with E-state index in [1.165, 1.54) is 13.2 Å². The van der Waals surface area contributed by atoms with E-state index >= 15 is 0 Å². The minimum absolute atomic E-state index is 0.156. The average molecular weight is 288 g/mol. The highest BCUT2D eigenvalue weighted by Gasteiger charge is 2.07. The second-order valence-electron chi connectivity index (χ2n) is 3.93. The van der Waals surface area contributed by atoms with Gasteiger partial charge >= 0.3 is 11.9 Å². The minimum Gasteiger partial charge on any atom is -0.465 e. The van der Waals surface area contributed by atoms with E-state index in [9.17, 15) is 14.4 Å². The molecule has 0 fully saturated rings. The summed E-state index contributed by atoms with van der Waals surface area (Å²) in [5.74, 6) is -0.981. The van der Waals surface area contributed by atoms with Crippen LogP contribution in [-0.4, -0.2) is 31.9 Å². The van der Waals surface area contributed by atoms with E-state index in [0.717, 1.165) is 11.6 Å². The fourth-order valence-electron chi connectivity index (χ4n) is 1.51. The van der Waals surface area contributed by atoms with Gasteiger partial charge in [0.1, 0.15) is 6.29 Å². The molecule has 0 aromatic heterocycles. The van der Waals surface area contributed by atoms with Crippen LogP contribution in [0.25, 0.3) is 6.08 Å². The Morgan fingerprint density at radius 3 is 2.38 bits per heavy atom. The Labute approximate surface area is 122 Å².